The minimum Gasteiger partial charge on any atom is -0.399 e. The highest BCUT2D eigenvalue weighted by Gasteiger charge is 2.21. The molecule has 2 aromatic carbocycles. The van der Waals surface area contributed by atoms with E-state index < -0.39 is 11.9 Å². The van der Waals surface area contributed by atoms with Gasteiger partial charge in [0.2, 0.25) is 5.95 Å². The number of rotatable bonds is 5. The molecule has 138 valence electrons. The number of aryl methyl sites for hydroxylation is 2. The van der Waals surface area contributed by atoms with Gasteiger partial charge in [-0.25, -0.2) is 4.68 Å². The van der Waals surface area contributed by atoms with Crippen molar-refractivity contribution in [2.45, 2.75) is 6.92 Å². The monoisotopic (exact) mass is 366 g/mol. The standard InChI is InChI=1S/C20H19FN4O2/c1-13-18(19(21)25(2)24-13)20(26)23-17-7-5-4-6-16(17)15-10-8-14(9-11-15)12-22-27-3/h4-12H,1-3H3,(H,23,26)/b22-12+. The molecule has 3 rings (SSSR count). The number of carbonyl (C=O) groups is 1. The number of para-hydroxylation sites is 1. The smallest absolute Gasteiger partial charge is 0.262 e. The van der Waals surface area contributed by atoms with E-state index in [9.17, 15) is 9.18 Å². The molecule has 0 aliphatic rings. The third-order valence-electron chi connectivity index (χ3n) is 4.08. The molecule has 1 aromatic heterocycles. The van der Waals surface area contributed by atoms with Crippen molar-refractivity contribution in [3.63, 3.8) is 0 Å². The molecule has 1 amide bonds. The van der Waals surface area contributed by atoms with Gasteiger partial charge < -0.3 is 10.2 Å². The predicted molar refractivity (Wildman–Crippen MR) is 102 cm³/mol. The SMILES string of the molecule is CO/N=C/c1ccc(-c2ccccc2NC(=O)c2c(C)nn(C)c2F)cc1. The van der Waals surface area contributed by atoms with Crippen LogP contribution in [0.25, 0.3) is 11.1 Å². The Morgan fingerprint density at radius 2 is 1.93 bits per heavy atom. The number of hydrogen-bond acceptors (Lipinski definition) is 4. The predicted octanol–water partition coefficient (Wildman–Crippen LogP) is 3.77. The van der Waals surface area contributed by atoms with E-state index in [1.807, 2.05) is 42.5 Å². The Morgan fingerprint density at radius 3 is 2.56 bits per heavy atom. The highest BCUT2D eigenvalue weighted by molar-refractivity contribution is 6.07. The average Bonchev–Trinajstić information content (AvgIpc) is 2.93. The van der Waals surface area contributed by atoms with Crippen LogP contribution in [0, 0.1) is 12.9 Å². The second-order valence-corrected chi connectivity index (χ2v) is 5.91. The number of halogens is 1. The molecule has 0 radical (unpaired) electrons. The first kappa shape index (κ1) is 18.3. The van der Waals surface area contributed by atoms with E-state index in [-0.39, 0.29) is 5.56 Å². The van der Waals surface area contributed by atoms with Crippen molar-refractivity contribution in [3.05, 3.63) is 71.3 Å². The first-order chi connectivity index (χ1) is 13.0. The van der Waals surface area contributed by atoms with E-state index in [1.165, 1.54) is 14.2 Å². The zero-order valence-corrected chi connectivity index (χ0v) is 15.2. The highest BCUT2D eigenvalue weighted by Crippen LogP contribution is 2.28. The molecule has 0 bridgehead atoms. The first-order valence-corrected chi connectivity index (χ1v) is 8.27. The fraction of sp³-hybridized carbons (Fsp3) is 0.150. The lowest BCUT2D eigenvalue weighted by atomic mass is 10.0. The topological polar surface area (TPSA) is 68.5 Å². The van der Waals surface area contributed by atoms with Gasteiger partial charge in [-0.2, -0.15) is 9.49 Å². The van der Waals surface area contributed by atoms with Gasteiger partial charge in [-0.15, -0.1) is 0 Å². The van der Waals surface area contributed by atoms with Gasteiger partial charge >= 0.3 is 0 Å². The molecule has 0 fully saturated rings. The first-order valence-electron chi connectivity index (χ1n) is 8.27. The fourth-order valence-electron chi connectivity index (χ4n) is 2.78. The Balaban J connectivity index is 1.90. The number of anilines is 1. The largest absolute Gasteiger partial charge is 0.399 e. The van der Waals surface area contributed by atoms with Crippen LogP contribution in [0.3, 0.4) is 0 Å². The molecule has 0 unspecified atom stereocenters. The van der Waals surface area contributed by atoms with Crippen molar-refractivity contribution in [1.82, 2.24) is 9.78 Å². The van der Waals surface area contributed by atoms with E-state index in [0.29, 0.717) is 11.4 Å². The molecule has 3 aromatic rings. The number of nitrogens with one attached hydrogen (secondary N) is 1. The van der Waals surface area contributed by atoms with E-state index in [2.05, 4.69) is 20.4 Å². The second-order valence-electron chi connectivity index (χ2n) is 5.91. The number of aromatic nitrogens is 2. The lowest BCUT2D eigenvalue weighted by molar-refractivity contribution is 0.102. The summed E-state index contributed by atoms with van der Waals surface area (Å²) in [6.45, 7) is 1.60. The van der Waals surface area contributed by atoms with Crippen molar-refractivity contribution in [2.24, 2.45) is 12.2 Å². The van der Waals surface area contributed by atoms with Crippen LogP contribution in [0.4, 0.5) is 10.1 Å². The third-order valence-corrected chi connectivity index (χ3v) is 4.08. The van der Waals surface area contributed by atoms with Crippen molar-refractivity contribution in [1.29, 1.82) is 0 Å². The number of oxime groups is 1. The average molecular weight is 366 g/mol. The van der Waals surface area contributed by atoms with Crippen molar-refractivity contribution < 1.29 is 14.0 Å². The maximum Gasteiger partial charge on any atom is 0.262 e. The van der Waals surface area contributed by atoms with Gasteiger partial charge in [0.05, 0.1) is 11.9 Å². The number of benzene rings is 2. The Labute approximate surface area is 156 Å². The number of nitrogens with zero attached hydrogens (tertiary/aromatic N) is 3. The quantitative estimate of drug-likeness (QED) is 0.552. The molecule has 0 atom stereocenters. The maximum atomic E-state index is 14.2. The highest BCUT2D eigenvalue weighted by atomic mass is 19.1. The van der Waals surface area contributed by atoms with Gasteiger partial charge in [-0.05, 0) is 24.1 Å². The summed E-state index contributed by atoms with van der Waals surface area (Å²) in [5.41, 5.74) is 3.48. The molecule has 27 heavy (non-hydrogen) atoms. The van der Waals surface area contributed by atoms with Crippen molar-refractivity contribution >= 4 is 17.8 Å². The van der Waals surface area contributed by atoms with Gasteiger partial charge in [0.15, 0.2) is 0 Å². The van der Waals surface area contributed by atoms with Crippen LogP contribution in [0.5, 0.6) is 0 Å². The van der Waals surface area contributed by atoms with Crippen LogP contribution < -0.4 is 5.32 Å². The molecular formula is C20H19FN4O2. The maximum absolute atomic E-state index is 14.2. The summed E-state index contributed by atoms with van der Waals surface area (Å²) in [4.78, 5) is 17.3. The molecule has 0 aliphatic carbocycles. The number of hydrogen-bond donors (Lipinski definition) is 1. The summed E-state index contributed by atoms with van der Waals surface area (Å²) in [7, 11) is 2.94. The van der Waals surface area contributed by atoms with Crippen LogP contribution in [-0.4, -0.2) is 29.0 Å². The summed E-state index contributed by atoms with van der Waals surface area (Å²) < 4.78 is 15.2. The number of carbonyl (C=O) groups excluding carboxylic acids is 1. The van der Waals surface area contributed by atoms with Crippen LogP contribution >= 0.6 is 0 Å². The molecule has 7 heteroatoms. The summed E-state index contributed by atoms with van der Waals surface area (Å²) in [5.74, 6) is -1.20. The van der Waals surface area contributed by atoms with Crippen molar-refractivity contribution in [3.8, 4) is 11.1 Å². The van der Waals surface area contributed by atoms with Gasteiger partial charge in [0, 0.05) is 18.3 Å². The molecule has 0 saturated carbocycles. The number of amides is 1. The molecule has 6 nitrogen and oxygen atoms in total. The lowest BCUT2D eigenvalue weighted by Gasteiger charge is -2.11. The van der Waals surface area contributed by atoms with Crippen LogP contribution in [0.1, 0.15) is 21.6 Å². The summed E-state index contributed by atoms with van der Waals surface area (Å²) in [6, 6.07) is 15.0. The van der Waals surface area contributed by atoms with Gasteiger partial charge in [0.25, 0.3) is 5.91 Å². The Bertz CT molecular complexity index is 994. The lowest BCUT2D eigenvalue weighted by Crippen LogP contribution is -2.15. The van der Waals surface area contributed by atoms with Gasteiger partial charge in [-0.3, -0.25) is 4.79 Å². The van der Waals surface area contributed by atoms with E-state index >= 15 is 0 Å². The minimum atomic E-state index is -0.663. The van der Waals surface area contributed by atoms with E-state index in [0.717, 1.165) is 21.4 Å². The Hall–Kier alpha value is -3.48. The van der Waals surface area contributed by atoms with Gasteiger partial charge in [-0.1, -0.05) is 47.6 Å². The Kier molecular flexibility index (Phi) is 5.30. The van der Waals surface area contributed by atoms with Crippen LogP contribution in [0.15, 0.2) is 53.7 Å². The second kappa shape index (κ2) is 7.82. The molecule has 0 saturated heterocycles. The molecule has 1 N–H and O–H groups in total. The van der Waals surface area contributed by atoms with Gasteiger partial charge in [0.1, 0.15) is 12.7 Å². The third kappa shape index (κ3) is 3.87. The molecule has 1 heterocycles. The summed E-state index contributed by atoms with van der Waals surface area (Å²) in [5, 5.41) is 10.5. The van der Waals surface area contributed by atoms with Crippen LogP contribution in [-0.2, 0) is 11.9 Å². The normalized spacial score (nSPS) is 11.0. The molecule has 0 spiro atoms. The Morgan fingerprint density at radius 1 is 1.22 bits per heavy atom. The molecule has 0 aliphatic heterocycles. The zero-order valence-electron chi connectivity index (χ0n) is 15.2. The molecular weight excluding hydrogens is 347 g/mol. The van der Waals surface area contributed by atoms with E-state index in [4.69, 9.17) is 0 Å². The fourth-order valence-corrected chi connectivity index (χ4v) is 2.78. The summed E-state index contributed by atoms with van der Waals surface area (Å²) in [6.07, 6.45) is 1.60. The van der Waals surface area contributed by atoms with Crippen LogP contribution in [0.2, 0.25) is 0 Å². The zero-order chi connectivity index (χ0) is 19.4. The summed E-state index contributed by atoms with van der Waals surface area (Å²) >= 11 is 0. The van der Waals surface area contributed by atoms with Crippen molar-refractivity contribution in [2.75, 3.05) is 12.4 Å². The van der Waals surface area contributed by atoms with E-state index in [1.54, 1.807) is 19.2 Å². The minimum absolute atomic E-state index is 0.0570.